The molecule has 1 heterocycles. The van der Waals surface area contributed by atoms with Crippen LogP contribution < -0.4 is 10.4 Å². The third kappa shape index (κ3) is 4.11. The van der Waals surface area contributed by atoms with E-state index in [0.29, 0.717) is 17.0 Å². The summed E-state index contributed by atoms with van der Waals surface area (Å²) in [7, 11) is 1.43. The molecular weight excluding hydrogens is 459 g/mol. The van der Waals surface area contributed by atoms with Gasteiger partial charge in [0.05, 0.1) is 39.5 Å². The largest absolute Gasteiger partial charge is 0.495 e. The van der Waals surface area contributed by atoms with Crippen LogP contribution >= 0.6 is 23.2 Å². The average Bonchev–Trinajstić information content (AvgIpc) is 3.15. The SMILES string of the molecule is COc1cc(-n2nc(-c3c(F)cccc3Cl)[nH]c2=O)ccc1C#Cc1cccc(Cl)c1F. The lowest BCUT2D eigenvalue weighted by Gasteiger charge is -2.06. The maximum atomic E-state index is 14.2. The molecule has 5 nitrogen and oxygen atoms in total. The Hall–Kier alpha value is -3.60. The van der Waals surface area contributed by atoms with Gasteiger partial charge in [-0.25, -0.2) is 13.6 Å². The molecule has 0 unspecified atom stereocenters. The van der Waals surface area contributed by atoms with Gasteiger partial charge in [-0.15, -0.1) is 5.10 Å². The number of hydrogen-bond acceptors (Lipinski definition) is 3. The normalized spacial score (nSPS) is 10.5. The van der Waals surface area contributed by atoms with Gasteiger partial charge in [0, 0.05) is 6.07 Å². The average molecular weight is 472 g/mol. The van der Waals surface area contributed by atoms with Crippen LogP contribution in [0.3, 0.4) is 0 Å². The molecule has 1 aromatic heterocycles. The highest BCUT2D eigenvalue weighted by molar-refractivity contribution is 6.33. The summed E-state index contributed by atoms with van der Waals surface area (Å²) in [5, 5.41) is 4.25. The van der Waals surface area contributed by atoms with Gasteiger partial charge in [0.2, 0.25) is 0 Å². The fourth-order valence-electron chi connectivity index (χ4n) is 2.99. The third-order valence-corrected chi connectivity index (χ3v) is 5.14. The quantitative estimate of drug-likeness (QED) is 0.416. The van der Waals surface area contributed by atoms with Crippen LogP contribution in [0, 0.1) is 23.5 Å². The lowest BCUT2D eigenvalue weighted by Crippen LogP contribution is -2.16. The van der Waals surface area contributed by atoms with Gasteiger partial charge in [-0.1, -0.05) is 47.2 Å². The zero-order chi connectivity index (χ0) is 22.8. The van der Waals surface area contributed by atoms with E-state index >= 15 is 0 Å². The number of hydrogen-bond donors (Lipinski definition) is 1. The number of nitrogens with zero attached hydrogens (tertiary/aromatic N) is 2. The number of aromatic nitrogens is 3. The Balaban J connectivity index is 1.73. The second-order valence-corrected chi connectivity index (χ2v) is 7.34. The van der Waals surface area contributed by atoms with E-state index in [0.717, 1.165) is 4.68 Å². The van der Waals surface area contributed by atoms with Gasteiger partial charge < -0.3 is 4.74 Å². The molecule has 160 valence electrons. The molecule has 3 aromatic carbocycles. The first-order valence-corrected chi connectivity index (χ1v) is 9.93. The number of rotatable bonds is 3. The maximum absolute atomic E-state index is 14.2. The Morgan fingerprint density at radius 2 is 1.72 bits per heavy atom. The smallest absolute Gasteiger partial charge is 0.348 e. The van der Waals surface area contributed by atoms with Gasteiger partial charge in [-0.2, -0.15) is 4.68 Å². The highest BCUT2D eigenvalue weighted by atomic mass is 35.5. The highest BCUT2D eigenvalue weighted by Crippen LogP contribution is 2.28. The van der Waals surface area contributed by atoms with E-state index in [4.69, 9.17) is 27.9 Å². The summed E-state index contributed by atoms with van der Waals surface area (Å²) in [4.78, 5) is 15.0. The van der Waals surface area contributed by atoms with Crippen LogP contribution in [-0.2, 0) is 0 Å². The van der Waals surface area contributed by atoms with E-state index in [1.54, 1.807) is 18.2 Å². The molecule has 4 aromatic rings. The van der Waals surface area contributed by atoms with Gasteiger partial charge in [-0.05, 0) is 36.4 Å². The molecule has 0 radical (unpaired) electrons. The summed E-state index contributed by atoms with van der Waals surface area (Å²) < 4.78 is 34.7. The minimum Gasteiger partial charge on any atom is -0.495 e. The monoisotopic (exact) mass is 471 g/mol. The molecule has 0 fully saturated rings. The van der Waals surface area contributed by atoms with Crippen LogP contribution in [0.15, 0.2) is 59.4 Å². The summed E-state index contributed by atoms with van der Waals surface area (Å²) >= 11 is 11.8. The first-order valence-electron chi connectivity index (χ1n) is 9.17. The Morgan fingerprint density at radius 3 is 2.47 bits per heavy atom. The summed E-state index contributed by atoms with van der Waals surface area (Å²) in [6.07, 6.45) is 0. The number of ether oxygens (including phenoxy) is 1. The fourth-order valence-corrected chi connectivity index (χ4v) is 3.41. The van der Waals surface area contributed by atoms with Gasteiger partial charge in [0.1, 0.15) is 11.6 Å². The van der Waals surface area contributed by atoms with Crippen molar-refractivity contribution >= 4 is 23.2 Å². The third-order valence-electron chi connectivity index (χ3n) is 4.53. The maximum Gasteiger partial charge on any atom is 0.348 e. The molecule has 9 heteroatoms. The van der Waals surface area contributed by atoms with Gasteiger partial charge >= 0.3 is 5.69 Å². The van der Waals surface area contributed by atoms with Crippen LogP contribution in [-0.4, -0.2) is 21.9 Å². The van der Waals surface area contributed by atoms with Gasteiger partial charge in [0.25, 0.3) is 0 Å². The zero-order valence-electron chi connectivity index (χ0n) is 16.4. The lowest BCUT2D eigenvalue weighted by molar-refractivity contribution is 0.413. The summed E-state index contributed by atoms with van der Waals surface area (Å²) in [5.41, 5.74) is 0.334. The molecule has 4 rings (SSSR count). The molecule has 0 aliphatic rings. The predicted octanol–water partition coefficient (Wildman–Crippen LogP) is 5.22. The Kier molecular flexibility index (Phi) is 5.99. The molecular formula is C23H13Cl2F2N3O2. The van der Waals surface area contributed by atoms with Crippen molar-refractivity contribution in [1.82, 2.24) is 14.8 Å². The van der Waals surface area contributed by atoms with Crippen molar-refractivity contribution in [2.75, 3.05) is 7.11 Å². The molecule has 32 heavy (non-hydrogen) atoms. The minimum atomic E-state index is -0.616. The zero-order valence-corrected chi connectivity index (χ0v) is 17.9. The number of benzene rings is 3. The Morgan fingerprint density at radius 1 is 1.00 bits per heavy atom. The molecule has 0 aliphatic carbocycles. The van der Waals surface area contributed by atoms with Gasteiger partial charge in [0.15, 0.2) is 11.6 Å². The van der Waals surface area contributed by atoms with Crippen molar-refractivity contribution in [1.29, 1.82) is 0 Å². The van der Waals surface area contributed by atoms with Crippen LogP contribution in [0.4, 0.5) is 8.78 Å². The fraction of sp³-hybridized carbons (Fsp3) is 0.0435. The standard InChI is InChI=1S/C23H13Cl2F2N3O2/c1-32-19-12-15(11-10-13(19)8-9-14-4-2-6-17(25)21(14)27)30-23(31)28-22(29-30)20-16(24)5-3-7-18(20)26/h2-7,10-12H,1H3,(H,28,29,31). The first kappa shape index (κ1) is 21.6. The number of nitrogens with one attached hydrogen (secondary N) is 1. The minimum absolute atomic E-state index is 0.0111. The summed E-state index contributed by atoms with van der Waals surface area (Å²) in [5.74, 6) is 4.64. The summed E-state index contributed by atoms with van der Waals surface area (Å²) in [6, 6.07) is 13.4. The van der Waals surface area contributed by atoms with Crippen molar-refractivity contribution in [2.45, 2.75) is 0 Å². The van der Waals surface area contributed by atoms with E-state index in [-0.39, 0.29) is 27.0 Å². The molecule has 0 amide bonds. The van der Waals surface area contributed by atoms with Crippen LogP contribution in [0.25, 0.3) is 17.1 Å². The van der Waals surface area contributed by atoms with E-state index < -0.39 is 17.3 Å². The van der Waals surface area contributed by atoms with Gasteiger partial charge in [-0.3, -0.25) is 4.98 Å². The second kappa shape index (κ2) is 8.87. The van der Waals surface area contributed by atoms with Crippen LogP contribution in [0.5, 0.6) is 5.75 Å². The summed E-state index contributed by atoms with van der Waals surface area (Å²) in [6.45, 7) is 0. The number of H-pyrrole nitrogens is 1. The van der Waals surface area contributed by atoms with Crippen molar-refractivity contribution in [3.05, 3.63) is 97.9 Å². The number of methoxy groups -OCH3 is 1. The van der Waals surface area contributed by atoms with Crippen LogP contribution in [0.2, 0.25) is 10.0 Å². The van der Waals surface area contributed by atoms with E-state index in [9.17, 15) is 13.6 Å². The lowest BCUT2D eigenvalue weighted by atomic mass is 10.1. The highest BCUT2D eigenvalue weighted by Gasteiger charge is 2.16. The molecule has 0 atom stereocenters. The molecule has 0 spiro atoms. The first-order chi connectivity index (χ1) is 15.4. The van der Waals surface area contributed by atoms with E-state index in [1.165, 1.54) is 43.5 Å². The Labute approximate surface area is 191 Å². The second-order valence-electron chi connectivity index (χ2n) is 6.52. The van der Waals surface area contributed by atoms with Crippen molar-refractivity contribution in [3.63, 3.8) is 0 Å². The molecule has 0 saturated heterocycles. The number of halogens is 4. The van der Waals surface area contributed by atoms with Crippen molar-refractivity contribution in [2.24, 2.45) is 0 Å². The molecule has 0 bridgehead atoms. The van der Waals surface area contributed by atoms with Crippen molar-refractivity contribution < 1.29 is 13.5 Å². The Bertz CT molecular complexity index is 1430. The topological polar surface area (TPSA) is 59.9 Å². The predicted molar refractivity (Wildman–Crippen MR) is 119 cm³/mol. The number of aromatic amines is 1. The van der Waals surface area contributed by atoms with Crippen LogP contribution in [0.1, 0.15) is 11.1 Å². The molecule has 1 N–H and O–H groups in total. The molecule has 0 saturated carbocycles. The van der Waals surface area contributed by atoms with E-state index in [1.807, 2.05) is 0 Å². The molecule has 0 aliphatic heterocycles. The van der Waals surface area contributed by atoms with Crippen molar-refractivity contribution in [3.8, 4) is 34.7 Å². The van der Waals surface area contributed by atoms with E-state index in [2.05, 4.69) is 21.9 Å².